The van der Waals surface area contributed by atoms with E-state index in [1.165, 1.54) is 18.4 Å². The van der Waals surface area contributed by atoms with Gasteiger partial charge >= 0.3 is 0 Å². The fraction of sp³-hybridized carbons (Fsp3) is 0.300. The van der Waals surface area contributed by atoms with Crippen molar-refractivity contribution >= 4 is 5.84 Å². The lowest BCUT2D eigenvalue weighted by Crippen LogP contribution is -2.15. The summed E-state index contributed by atoms with van der Waals surface area (Å²) < 4.78 is 0. The predicted molar refractivity (Wildman–Crippen MR) is 50.9 cm³/mol. The molecule has 3 heteroatoms. The number of nitrogens with zero attached hydrogens (tertiary/aromatic N) is 1. The molecular formula is C10H12N2O. The summed E-state index contributed by atoms with van der Waals surface area (Å²) in [6.45, 7) is 0. The SMILES string of the molecule is NC(=NO)c1ccccc1C1CC1. The van der Waals surface area contributed by atoms with Crippen molar-refractivity contribution in [3.05, 3.63) is 35.4 Å². The van der Waals surface area contributed by atoms with Crippen molar-refractivity contribution in [3.63, 3.8) is 0 Å². The first-order valence-electron chi connectivity index (χ1n) is 4.39. The number of hydrogen-bond donors (Lipinski definition) is 2. The molecule has 0 aliphatic heterocycles. The Hall–Kier alpha value is -1.51. The lowest BCUT2D eigenvalue weighted by molar-refractivity contribution is 0.318. The molecule has 3 nitrogen and oxygen atoms in total. The van der Waals surface area contributed by atoms with Crippen LogP contribution in [-0.2, 0) is 0 Å². The van der Waals surface area contributed by atoms with Crippen LogP contribution in [0.25, 0.3) is 0 Å². The maximum Gasteiger partial charge on any atom is 0.170 e. The van der Waals surface area contributed by atoms with Crippen LogP contribution in [0, 0.1) is 0 Å². The van der Waals surface area contributed by atoms with E-state index in [1.54, 1.807) is 0 Å². The first-order valence-corrected chi connectivity index (χ1v) is 4.39. The van der Waals surface area contributed by atoms with Gasteiger partial charge in [-0.3, -0.25) is 0 Å². The normalized spacial score (nSPS) is 17.4. The topological polar surface area (TPSA) is 58.6 Å². The molecule has 1 aliphatic carbocycles. The molecule has 0 aromatic heterocycles. The molecule has 0 bridgehead atoms. The summed E-state index contributed by atoms with van der Waals surface area (Å²) >= 11 is 0. The zero-order chi connectivity index (χ0) is 9.26. The van der Waals surface area contributed by atoms with Gasteiger partial charge in [-0.2, -0.15) is 0 Å². The van der Waals surface area contributed by atoms with Crippen LogP contribution in [0.2, 0.25) is 0 Å². The van der Waals surface area contributed by atoms with Gasteiger partial charge in [0.2, 0.25) is 0 Å². The molecular weight excluding hydrogens is 164 g/mol. The van der Waals surface area contributed by atoms with E-state index < -0.39 is 0 Å². The molecule has 0 heterocycles. The second-order valence-corrected chi connectivity index (χ2v) is 3.35. The third kappa shape index (κ3) is 1.49. The van der Waals surface area contributed by atoms with Gasteiger partial charge in [0, 0.05) is 5.56 Å². The van der Waals surface area contributed by atoms with Crippen molar-refractivity contribution in [2.45, 2.75) is 18.8 Å². The van der Waals surface area contributed by atoms with E-state index >= 15 is 0 Å². The zero-order valence-electron chi connectivity index (χ0n) is 7.27. The number of benzene rings is 1. The van der Waals surface area contributed by atoms with Gasteiger partial charge in [0.1, 0.15) is 0 Å². The van der Waals surface area contributed by atoms with Crippen LogP contribution < -0.4 is 5.73 Å². The monoisotopic (exact) mass is 176 g/mol. The van der Waals surface area contributed by atoms with E-state index in [9.17, 15) is 0 Å². The van der Waals surface area contributed by atoms with E-state index in [0.29, 0.717) is 5.92 Å². The average Bonchev–Trinajstić information content (AvgIpc) is 3.00. The number of rotatable bonds is 2. The molecule has 1 saturated carbocycles. The molecule has 1 aliphatic rings. The standard InChI is InChI=1S/C10H12N2O/c11-10(12-13)9-4-2-1-3-8(9)7-5-6-7/h1-4,7,13H,5-6H2,(H2,11,12). The summed E-state index contributed by atoms with van der Waals surface area (Å²) in [6.07, 6.45) is 2.44. The summed E-state index contributed by atoms with van der Waals surface area (Å²) in [4.78, 5) is 0. The highest BCUT2D eigenvalue weighted by atomic mass is 16.4. The smallest absolute Gasteiger partial charge is 0.170 e. The van der Waals surface area contributed by atoms with Gasteiger partial charge in [0.15, 0.2) is 5.84 Å². The summed E-state index contributed by atoms with van der Waals surface area (Å²) in [5.74, 6) is 0.832. The molecule has 13 heavy (non-hydrogen) atoms. The molecule has 1 aromatic rings. The van der Waals surface area contributed by atoms with E-state index in [2.05, 4.69) is 5.16 Å². The highest BCUT2D eigenvalue weighted by Gasteiger charge is 2.26. The van der Waals surface area contributed by atoms with E-state index in [-0.39, 0.29) is 5.84 Å². The Kier molecular flexibility index (Phi) is 1.93. The number of oxime groups is 1. The second kappa shape index (κ2) is 3.09. The molecule has 0 amide bonds. The number of amidine groups is 1. The number of hydrogen-bond acceptors (Lipinski definition) is 2. The zero-order valence-corrected chi connectivity index (χ0v) is 7.27. The van der Waals surface area contributed by atoms with Crippen LogP contribution in [0.3, 0.4) is 0 Å². The van der Waals surface area contributed by atoms with Crippen molar-refractivity contribution in [1.82, 2.24) is 0 Å². The number of nitrogens with two attached hydrogens (primary N) is 1. The van der Waals surface area contributed by atoms with Gasteiger partial charge < -0.3 is 10.9 Å². The van der Waals surface area contributed by atoms with Crippen LogP contribution in [0.15, 0.2) is 29.4 Å². The summed E-state index contributed by atoms with van der Waals surface area (Å²) in [5.41, 5.74) is 7.64. The molecule has 1 fully saturated rings. The maximum absolute atomic E-state index is 8.58. The van der Waals surface area contributed by atoms with Gasteiger partial charge in [-0.15, -0.1) is 0 Å². The molecule has 0 unspecified atom stereocenters. The Morgan fingerprint density at radius 3 is 2.69 bits per heavy atom. The summed E-state index contributed by atoms with van der Waals surface area (Å²) in [5, 5.41) is 11.6. The molecule has 3 N–H and O–H groups in total. The fourth-order valence-corrected chi connectivity index (χ4v) is 1.53. The van der Waals surface area contributed by atoms with Crippen LogP contribution in [0.5, 0.6) is 0 Å². The molecule has 68 valence electrons. The molecule has 0 spiro atoms. The van der Waals surface area contributed by atoms with Crippen LogP contribution in [0.1, 0.15) is 29.9 Å². The van der Waals surface area contributed by atoms with Crippen LogP contribution >= 0.6 is 0 Å². The van der Waals surface area contributed by atoms with E-state index in [0.717, 1.165) is 5.56 Å². The minimum Gasteiger partial charge on any atom is -0.409 e. The van der Waals surface area contributed by atoms with Crippen molar-refractivity contribution in [2.75, 3.05) is 0 Å². The lowest BCUT2D eigenvalue weighted by atomic mass is 10.0. The third-order valence-electron chi connectivity index (χ3n) is 2.36. The highest BCUT2D eigenvalue weighted by molar-refractivity contribution is 5.98. The van der Waals surface area contributed by atoms with E-state index in [1.807, 2.05) is 24.3 Å². The van der Waals surface area contributed by atoms with Crippen LogP contribution in [-0.4, -0.2) is 11.0 Å². The first-order chi connectivity index (χ1) is 6.33. The van der Waals surface area contributed by atoms with Crippen molar-refractivity contribution in [1.29, 1.82) is 0 Å². The van der Waals surface area contributed by atoms with Gasteiger partial charge in [-0.1, -0.05) is 29.4 Å². The Morgan fingerprint density at radius 1 is 1.38 bits per heavy atom. The lowest BCUT2D eigenvalue weighted by Gasteiger charge is -2.05. The van der Waals surface area contributed by atoms with Crippen molar-refractivity contribution < 1.29 is 5.21 Å². The van der Waals surface area contributed by atoms with Gasteiger partial charge in [0.05, 0.1) is 0 Å². The quantitative estimate of drug-likeness (QED) is 0.311. The minimum absolute atomic E-state index is 0.211. The van der Waals surface area contributed by atoms with Crippen molar-refractivity contribution in [2.24, 2.45) is 10.9 Å². The summed E-state index contributed by atoms with van der Waals surface area (Å²) in [7, 11) is 0. The van der Waals surface area contributed by atoms with E-state index in [4.69, 9.17) is 10.9 Å². The molecule has 2 rings (SSSR count). The Morgan fingerprint density at radius 2 is 2.08 bits per heavy atom. The summed E-state index contributed by atoms with van der Waals surface area (Å²) in [6, 6.07) is 7.83. The van der Waals surface area contributed by atoms with Gasteiger partial charge in [-0.25, -0.2) is 0 Å². The van der Waals surface area contributed by atoms with Gasteiger partial charge in [-0.05, 0) is 24.3 Å². The first kappa shape index (κ1) is 8.10. The third-order valence-corrected chi connectivity index (χ3v) is 2.36. The highest BCUT2D eigenvalue weighted by Crippen LogP contribution is 2.41. The average molecular weight is 176 g/mol. The van der Waals surface area contributed by atoms with Crippen LogP contribution in [0.4, 0.5) is 0 Å². The minimum atomic E-state index is 0.211. The van der Waals surface area contributed by atoms with Crippen molar-refractivity contribution in [3.8, 4) is 0 Å². The van der Waals surface area contributed by atoms with Gasteiger partial charge in [0.25, 0.3) is 0 Å². The Bertz CT molecular complexity index is 343. The molecule has 1 aromatic carbocycles. The molecule has 0 radical (unpaired) electrons. The Labute approximate surface area is 76.9 Å². The molecule has 0 atom stereocenters. The fourth-order valence-electron chi connectivity index (χ4n) is 1.53. The molecule has 0 saturated heterocycles. The second-order valence-electron chi connectivity index (χ2n) is 3.35. The largest absolute Gasteiger partial charge is 0.409 e. The predicted octanol–water partition coefficient (Wildman–Crippen LogP) is 1.66. The maximum atomic E-state index is 8.58. The Balaban J connectivity index is 2.42.